The molecule has 6 nitrogen and oxygen atoms in total. The number of carboxylic acid groups (broad SMARTS) is 1. The van der Waals surface area contributed by atoms with E-state index in [0.717, 1.165) is 23.5 Å². The Kier molecular flexibility index (Phi) is 3.15. The lowest BCUT2D eigenvalue weighted by atomic mass is 10.0. The molecule has 102 valence electrons. The van der Waals surface area contributed by atoms with Crippen LogP contribution in [0.5, 0.6) is 0 Å². The lowest BCUT2D eigenvalue weighted by molar-refractivity contribution is 0.0688. The summed E-state index contributed by atoms with van der Waals surface area (Å²) in [6.07, 6.45) is 0.637. The lowest BCUT2D eigenvalue weighted by Gasteiger charge is -2.18. The number of nitrogens with one attached hydrogen (secondary N) is 1. The molecule has 2 aromatic heterocycles. The fraction of sp³-hybridized carbons (Fsp3) is 0.286. The Morgan fingerprint density at radius 2 is 2.15 bits per heavy atom. The molecule has 20 heavy (non-hydrogen) atoms. The van der Waals surface area contributed by atoms with Crippen LogP contribution in [0.4, 0.5) is 0 Å². The zero-order valence-corrected chi connectivity index (χ0v) is 11.1. The monoisotopic (exact) mass is 270 g/mol. The zero-order chi connectivity index (χ0) is 14.1. The number of aromatic carboxylic acids is 1. The fourth-order valence-electron chi connectivity index (χ4n) is 2.32. The van der Waals surface area contributed by atoms with Gasteiger partial charge in [-0.15, -0.1) is 0 Å². The summed E-state index contributed by atoms with van der Waals surface area (Å²) in [6, 6.07) is 5.53. The van der Waals surface area contributed by atoms with Gasteiger partial charge in [0.05, 0.1) is 5.69 Å². The maximum atomic E-state index is 11.4. The Morgan fingerprint density at radius 3 is 2.90 bits per heavy atom. The van der Waals surface area contributed by atoms with Crippen LogP contribution < -0.4 is 5.32 Å². The summed E-state index contributed by atoms with van der Waals surface area (Å²) in [5, 5.41) is 12.5. The highest BCUT2D eigenvalue weighted by molar-refractivity contribution is 5.88. The molecule has 0 saturated heterocycles. The topological polar surface area (TPSA) is 88.0 Å². The van der Waals surface area contributed by atoms with Crippen LogP contribution in [0.1, 0.15) is 27.4 Å². The van der Waals surface area contributed by atoms with Crippen LogP contribution in [-0.4, -0.2) is 32.6 Å². The minimum absolute atomic E-state index is 0.0924. The molecule has 2 N–H and O–H groups in total. The van der Waals surface area contributed by atoms with Crippen LogP contribution in [0.15, 0.2) is 18.2 Å². The summed E-state index contributed by atoms with van der Waals surface area (Å²) >= 11 is 0. The van der Waals surface area contributed by atoms with E-state index < -0.39 is 5.97 Å². The third kappa shape index (κ3) is 2.25. The Labute approximate surface area is 115 Å². The van der Waals surface area contributed by atoms with Gasteiger partial charge in [0.2, 0.25) is 0 Å². The van der Waals surface area contributed by atoms with E-state index in [1.807, 2.05) is 19.1 Å². The molecule has 3 heterocycles. The van der Waals surface area contributed by atoms with E-state index in [0.29, 0.717) is 24.5 Å². The van der Waals surface area contributed by atoms with Crippen molar-refractivity contribution in [2.45, 2.75) is 19.9 Å². The fourth-order valence-corrected chi connectivity index (χ4v) is 2.32. The molecule has 0 aliphatic carbocycles. The molecule has 0 spiro atoms. The van der Waals surface area contributed by atoms with Crippen LogP contribution in [-0.2, 0) is 13.0 Å². The normalized spacial score (nSPS) is 13.8. The average Bonchev–Trinajstić information content (AvgIpc) is 2.46. The van der Waals surface area contributed by atoms with Gasteiger partial charge in [-0.3, -0.25) is 0 Å². The molecule has 3 rings (SSSR count). The first-order valence-corrected chi connectivity index (χ1v) is 6.43. The molecule has 0 aromatic carbocycles. The van der Waals surface area contributed by atoms with Crippen LogP contribution >= 0.6 is 0 Å². The van der Waals surface area contributed by atoms with Crippen molar-refractivity contribution < 1.29 is 9.90 Å². The van der Waals surface area contributed by atoms with E-state index >= 15 is 0 Å². The molecule has 0 radical (unpaired) electrons. The van der Waals surface area contributed by atoms with Gasteiger partial charge in [-0.2, -0.15) is 0 Å². The summed E-state index contributed by atoms with van der Waals surface area (Å²) in [4.78, 5) is 24.4. The molecule has 0 saturated carbocycles. The van der Waals surface area contributed by atoms with Gasteiger partial charge in [0, 0.05) is 17.8 Å². The molecule has 2 aromatic rings. The molecule has 0 fully saturated rings. The maximum absolute atomic E-state index is 11.4. The molecule has 0 atom stereocenters. The van der Waals surface area contributed by atoms with Crippen molar-refractivity contribution in [2.24, 2.45) is 0 Å². The number of carbonyl (C=O) groups is 1. The van der Waals surface area contributed by atoms with E-state index in [1.54, 1.807) is 6.07 Å². The highest BCUT2D eigenvalue weighted by atomic mass is 16.4. The number of carboxylic acids is 1. The number of rotatable bonds is 2. The molecule has 0 amide bonds. The zero-order valence-electron chi connectivity index (χ0n) is 11.1. The van der Waals surface area contributed by atoms with Gasteiger partial charge in [-0.1, -0.05) is 6.07 Å². The van der Waals surface area contributed by atoms with Crippen LogP contribution in [0.25, 0.3) is 11.5 Å². The summed E-state index contributed by atoms with van der Waals surface area (Å²) < 4.78 is 0. The highest BCUT2D eigenvalue weighted by Crippen LogP contribution is 2.20. The second kappa shape index (κ2) is 4.97. The second-order valence-electron chi connectivity index (χ2n) is 4.72. The van der Waals surface area contributed by atoms with Crippen molar-refractivity contribution in [3.05, 3.63) is 40.8 Å². The van der Waals surface area contributed by atoms with E-state index in [9.17, 15) is 9.90 Å². The van der Waals surface area contributed by atoms with Crippen molar-refractivity contribution in [3.8, 4) is 11.5 Å². The molecule has 0 bridgehead atoms. The van der Waals surface area contributed by atoms with Gasteiger partial charge in [0.25, 0.3) is 0 Å². The van der Waals surface area contributed by atoms with E-state index in [1.165, 1.54) is 0 Å². The number of hydrogen-bond donors (Lipinski definition) is 2. The van der Waals surface area contributed by atoms with E-state index in [-0.39, 0.29) is 5.69 Å². The number of fused-ring (bicyclic) bond motifs is 1. The summed E-state index contributed by atoms with van der Waals surface area (Å²) in [5.74, 6) is -0.645. The Morgan fingerprint density at radius 1 is 1.30 bits per heavy atom. The van der Waals surface area contributed by atoms with Crippen LogP contribution in [0, 0.1) is 6.92 Å². The maximum Gasteiger partial charge on any atom is 0.354 e. The van der Waals surface area contributed by atoms with Crippen molar-refractivity contribution >= 4 is 5.97 Å². The molecular weight excluding hydrogens is 256 g/mol. The molecule has 1 aliphatic rings. The van der Waals surface area contributed by atoms with Crippen molar-refractivity contribution in [1.29, 1.82) is 0 Å². The van der Waals surface area contributed by atoms with E-state index in [4.69, 9.17) is 0 Å². The Balaban J connectivity index is 2.17. The second-order valence-corrected chi connectivity index (χ2v) is 4.72. The largest absolute Gasteiger partial charge is 0.476 e. The predicted molar refractivity (Wildman–Crippen MR) is 72.4 cm³/mol. The first-order chi connectivity index (χ1) is 9.65. The molecule has 6 heteroatoms. The molecule has 1 aliphatic heterocycles. The first kappa shape index (κ1) is 12.7. The van der Waals surface area contributed by atoms with Gasteiger partial charge < -0.3 is 10.4 Å². The average molecular weight is 270 g/mol. The Hall–Kier alpha value is -2.34. The van der Waals surface area contributed by atoms with Gasteiger partial charge in [-0.05, 0) is 32.0 Å². The molecular formula is C14H14N4O2. The van der Waals surface area contributed by atoms with Gasteiger partial charge in [0.1, 0.15) is 5.69 Å². The quantitative estimate of drug-likeness (QED) is 0.852. The minimum atomic E-state index is -1.01. The predicted octanol–water partition coefficient (Wildman–Crippen LogP) is 1.19. The summed E-state index contributed by atoms with van der Waals surface area (Å²) in [5.41, 5.74) is 3.02. The Bertz CT molecular complexity index is 685. The van der Waals surface area contributed by atoms with Gasteiger partial charge in [0.15, 0.2) is 11.5 Å². The third-order valence-corrected chi connectivity index (χ3v) is 3.26. The smallest absolute Gasteiger partial charge is 0.354 e. The standard InChI is InChI=1S/C14H14N4O2/c1-8-3-2-4-10(16-8)13-17-11-7-15-6-5-9(11)12(18-13)14(19)20/h2-4,15H,5-7H2,1H3,(H,19,20). The van der Waals surface area contributed by atoms with Crippen molar-refractivity contribution in [2.75, 3.05) is 6.54 Å². The highest BCUT2D eigenvalue weighted by Gasteiger charge is 2.22. The van der Waals surface area contributed by atoms with Gasteiger partial charge in [-0.25, -0.2) is 19.7 Å². The number of aryl methyl sites for hydroxylation is 1. The number of hydrogen-bond acceptors (Lipinski definition) is 5. The van der Waals surface area contributed by atoms with Crippen molar-refractivity contribution in [1.82, 2.24) is 20.3 Å². The van der Waals surface area contributed by atoms with Gasteiger partial charge >= 0.3 is 5.97 Å². The van der Waals surface area contributed by atoms with Crippen LogP contribution in [0.3, 0.4) is 0 Å². The van der Waals surface area contributed by atoms with Crippen LogP contribution in [0.2, 0.25) is 0 Å². The summed E-state index contributed by atoms with van der Waals surface area (Å²) in [6.45, 7) is 3.19. The summed E-state index contributed by atoms with van der Waals surface area (Å²) in [7, 11) is 0. The third-order valence-electron chi connectivity index (χ3n) is 3.26. The SMILES string of the molecule is Cc1cccc(-c2nc3c(c(C(=O)O)n2)CCNC3)n1. The molecule has 0 unspecified atom stereocenters. The van der Waals surface area contributed by atoms with Crippen molar-refractivity contribution in [3.63, 3.8) is 0 Å². The number of nitrogens with zero attached hydrogens (tertiary/aromatic N) is 3. The number of pyridine rings is 1. The minimum Gasteiger partial charge on any atom is -0.476 e. The first-order valence-electron chi connectivity index (χ1n) is 6.43. The van der Waals surface area contributed by atoms with E-state index in [2.05, 4.69) is 20.3 Å². The lowest BCUT2D eigenvalue weighted by Crippen LogP contribution is -2.27. The number of aromatic nitrogens is 3.